The van der Waals surface area contributed by atoms with Crippen LogP contribution < -0.4 is 10.0 Å². The number of hydrogen-bond donors (Lipinski definition) is 2. The highest BCUT2D eigenvalue weighted by molar-refractivity contribution is 7.88. The van der Waals surface area contributed by atoms with E-state index < -0.39 is 10.0 Å². The molecule has 8 heteroatoms. The summed E-state index contributed by atoms with van der Waals surface area (Å²) >= 11 is 0. The Morgan fingerprint density at radius 3 is 2.33 bits per heavy atom. The minimum absolute atomic E-state index is 0. The molecule has 0 unspecified atom stereocenters. The zero-order valence-corrected chi connectivity index (χ0v) is 13.0. The van der Waals surface area contributed by atoms with Gasteiger partial charge in [0, 0.05) is 25.2 Å². The van der Waals surface area contributed by atoms with E-state index in [9.17, 15) is 8.42 Å². The summed E-state index contributed by atoms with van der Waals surface area (Å²) < 4.78 is 25.0. The largest absolute Gasteiger partial charge is 0.317 e. The Labute approximate surface area is 122 Å². The molecule has 2 fully saturated rings. The molecule has 18 heavy (non-hydrogen) atoms. The van der Waals surface area contributed by atoms with Crippen LogP contribution in [0.1, 0.15) is 19.3 Å². The fraction of sp³-hybridized carbons (Fsp3) is 1.00. The zero-order chi connectivity index (χ0) is 11.6. The maximum absolute atomic E-state index is 11.1. The maximum atomic E-state index is 11.1. The minimum Gasteiger partial charge on any atom is -0.317 e. The third-order valence-corrected chi connectivity index (χ3v) is 4.19. The van der Waals surface area contributed by atoms with E-state index in [4.69, 9.17) is 0 Å². The summed E-state index contributed by atoms with van der Waals surface area (Å²) in [5.41, 5.74) is 0. The van der Waals surface area contributed by atoms with Gasteiger partial charge in [0.25, 0.3) is 0 Å². The van der Waals surface area contributed by atoms with E-state index in [2.05, 4.69) is 14.9 Å². The van der Waals surface area contributed by atoms with Crippen LogP contribution in [0.2, 0.25) is 0 Å². The molecule has 2 rings (SSSR count). The van der Waals surface area contributed by atoms with Crippen molar-refractivity contribution in [1.82, 2.24) is 14.9 Å². The molecule has 0 saturated carbocycles. The fourth-order valence-electron chi connectivity index (χ4n) is 2.69. The van der Waals surface area contributed by atoms with Crippen LogP contribution in [0.3, 0.4) is 0 Å². The SMILES string of the molecule is CS(=O)(=O)N[C@H]1CCN(C2CCNCC2)C1.Cl.Cl. The molecule has 0 aromatic heterocycles. The second-order valence-corrected chi connectivity index (χ2v) is 6.63. The average Bonchev–Trinajstić information content (AvgIpc) is 2.65. The van der Waals surface area contributed by atoms with Crippen molar-refractivity contribution in [3.63, 3.8) is 0 Å². The molecule has 2 aliphatic rings. The lowest BCUT2D eigenvalue weighted by Gasteiger charge is -2.31. The van der Waals surface area contributed by atoms with E-state index in [1.165, 1.54) is 19.1 Å². The Balaban J connectivity index is 0.00000144. The summed E-state index contributed by atoms with van der Waals surface area (Å²) in [4.78, 5) is 2.43. The molecule has 0 aromatic carbocycles. The number of halogens is 2. The zero-order valence-electron chi connectivity index (χ0n) is 10.6. The number of nitrogens with zero attached hydrogens (tertiary/aromatic N) is 1. The molecule has 2 heterocycles. The molecule has 2 aliphatic heterocycles. The number of likely N-dealkylation sites (tertiary alicyclic amines) is 1. The van der Waals surface area contributed by atoms with Gasteiger partial charge in [0.1, 0.15) is 0 Å². The molecule has 0 amide bonds. The van der Waals surface area contributed by atoms with E-state index in [1.807, 2.05) is 0 Å². The molecular weight excluding hydrogens is 297 g/mol. The molecule has 0 aromatic rings. The van der Waals surface area contributed by atoms with Gasteiger partial charge in [0.05, 0.1) is 6.26 Å². The second-order valence-electron chi connectivity index (χ2n) is 4.85. The predicted octanol–water partition coefficient (Wildman–Crippen LogP) is 0.205. The third-order valence-electron chi connectivity index (χ3n) is 3.43. The number of hydrogen-bond acceptors (Lipinski definition) is 4. The highest BCUT2D eigenvalue weighted by Crippen LogP contribution is 2.18. The highest BCUT2D eigenvalue weighted by Gasteiger charge is 2.30. The van der Waals surface area contributed by atoms with Gasteiger partial charge in [0.15, 0.2) is 0 Å². The number of rotatable bonds is 3. The first kappa shape index (κ1) is 18.4. The first-order valence-electron chi connectivity index (χ1n) is 5.97. The molecule has 0 spiro atoms. The molecule has 110 valence electrons. The molecule has 2 saturated heterocycles. The Kier molecular flexibility index (Phi) is 8.05. The summed E-state index contributed by atoms with van der Waals surface area (Å²) in [6.45, 7) is 4.08. The van der Waals surface area contributed by atoms with Crippen molar-refractivity contribution in [1.29, 1.82) is 0 Å². The Morgan fingerprint density at radius 1 is 1.17 bits per heavy atom. The normalized spacial score (nSPS) is 26.4. The third kappa shape index (κ3) is 5.59. The van der Waals surface area contributed by atoms with Crippen LogP contribution in [0.15, 0.2) is 0 Å². The lowest BCUT2D eigenvalue weighted by Crippen LogP contribution is -2.44. The monoisotopic (exact) mass is 319 g/mol. The molecule has 1 atom stereocenters. The first-order chi connectivity index (χ1) is 7.54. The van der Waals surface area contributed by atoms with Gasteiger partial charge in [-0.3, -0.25) is 4.90 Å². The van der Waals surface area contributed by atoms with E-state index in [0.29, 0.717) is 6.04 Å². The lowest BCUT2D eigenvalue weighted by molar-refractivity contribution is 0.196. The Hall–Kier alpha value is 0.410. The molecule has 5 nitrogen and oxygen atoms in total. The summed E-state index contributed by atoms with van der Waals surface area (Å²) in [5, 5.41) is 3.35. The van der Waals surface area contributed by atoms with Crippen LogP contribution in [0, 0.1) is 0 Å². The van der Waals surface area contributed by atoms with E-state index in [0.717, 1.165) is 32.6 Å². The predicted molar refractivity (Wildman–Crippen MR) is 78.3 cm³/mol. The first-order valence-corrected chi connectivity index (χ1v) is 7.86. The summed E-state index contributed by atoms with van der Waals surface area (Å²) in [5.74, 6) is 0. The van der Waals surface area contributed by atoms with Crippen molar-refractivity contribution in [2.75, 3.05) is 32.4 Å². The van der Waals surface area contributed by atoms with Crippen molar-refractivity contribution < 1.29 is 8.42 Å². The van der Waals surface area contributed by atoms with Crippen LogP contribution in [0.4, 0.5) is 0 Å². The smallest absolute Gasteiger partial charge is 0.208 e. The summed E-state index contributed by atoms with van der Waals surface area (Å²) in [6.07, 6.45) is 4.55. The Bertz CT molecular complexity index is 334. The van der Waals surface area contributed by atoms with Crippen LogP contribution in [-0.2, 0) is 10.0 Å². The van der Waals surface area contributed by atoms with Crippen molar-refractivity contribution >= 4 is 34.8 Å². The molecule has 0 aliphatic carbocycles. The fourth-order valence-corrected chi connectivity index (χ4v) is 3.49. The molecular formula is C10H23Cl2N3O2S. The maximum Gasteiger partial charge on any atom is 0.208 e. The van der Waals surface area contributed by atoms with Gasteiger partial charge in [0.2, 0.25) is 10.0 Å². The van der Waals surface area contributed by atoms with Crippen LogP contribution >= 0.6 is 24.8 Å². The van der Waals surface area contributed by atoms with Crippen LogP contribution in [-0.4, -0.2) is 57.8 Å². The van der Waals surface area contributed by atoms with Crippen molar-refractivity contribution in [3.8, 4) is 0 Å². The molecule has 0 radical (unpaired) electrons. The van der Waals surface area contributed by atoms with Crippen LogP contribution in [0.5, 0.6) is 0 Å². The van der Waals surface area contributed by atoms with E-state index in [1.54, 1.807) is 0 Å². The second kappa shape index (κ2) is 7.87. The van der Waals surface area contributed by atoms with Crippen molar-refractivity contribution in [2.45, 2.75) is 31.3 Å². The average molecular weight is 320 g/mol. The van der Waals surface area contributed by atoms with Gasteiger partial charge in [-0.2, -0.15) is 0 Å². The highest BCUT2D eigenvalue weighted by atomic mass is 35.5. The van der Waals surface area contributed by atoms with Gasteiger partial charge in [-0.1, -0.05) is 0 Å². The van der Waals surface area contributed by atoms with E-state index >= 15 is 0 Å². The summed E-state index contributed by atoms with van der Waals surface area (Å²) in [7, 11) is -3.05. The molecule has 0 bridgehead atoms. The number of sulfonamides is 1. The van der Waals surface area contributed by atoms with E-state index in [-0.39, 0.29) is 30.9 Å². The number of piperidine rings is 1. The van der Waals surface area contributed by atoms with Gasteiger partial charge in [-0.05, 0) is 32.4 Å². The van der Waals surface area contributed by atoms with Gasteiger partial charge < -0.3 is 5.32 Å². The van der Waals surface area contributed by atoms with Gasteiger partial charge >= 0.3 is 0 Å². The van der Waals surface area contributed by atoms with Crippen LogP contribution in [0.25, 0.3) is 0 Å². The minimum atomic E-state index is -3.05. The lowest BCUT2D eigenvalue weighted by atomic mass is 10.1. The van der Waals surface area contributed by atoms with Gasteiger partial charge in [-0.15, -0.1) is 24.8 Å². The standard InChI is InChI=1S/C10H21N3O2S.2ClH/c1-16(14,15)12-9-4-7-13(8-9)10-2-5-11-6-3-10;;/h9-12H,2-8H2,1H3;2*1H/t9-;;/m0../s1. The van der Waals surface area contributed by atoms with Crippen molar-refractivity contribution in [2.24, 2.45) is 0 Å². The van der Waals surface area contributed by atoms with Crippen molar-refractivity contribution in [3.05, 3.63) is 0 Å². The Morgan fingerprint density at radius 2 is 1.78 bits per heavy atom. The quantitative estimate of drug-likeness (QED) is 0.780. The topological polar surface area (TPSA) is 61.4 Å². The molecule has 2 N–H and O–H groups in total. The van der Waals surface area contributed by atoms with Gasteiger partial charge in [-0.25, -0.2) is 13.1 Å². The summed E-state index contributed by atoms with van der Waals surface area (Å²) in [6, 6.07) is 0.762. The number of nitrogens with one attached hydrogen (secondary N) is 2.